The Labute approximate surface area is 130 Å². The van der Waals surface area contributed by atoms with Gasteiger partial charge in [-0.15, -0.1) is 0 Å². The molecule has 4 heteroatoms. The highest BCUT2D eigenvalue weighted by atomic mass is 35.5. The van der Waals surface area contributed by atoms with Crippen LogP contribution < -0.4 is 0 Å². The Balaban J connectivity index is 2.35. The molecule has 2 rings (SSSR count). The van der Waals surface area contributed by atoms with Crippen molar-refractivity contribution in [2.45, 2.75) is 47.1 Å². The minimum Gasteiger partial charge on any atom is -0.294 e. The second-order valence-electron chi connectivity index (χ2n) is 5.30. The van der Waals surface area contributed by atoms with Crippen molar-refractivity contribution in [3.8, 4) is 0 Å². The highest BCUT2D eigenvalue weighted by Gasteiger charge is 2.19. The van der Waals surface area contributed by atoms with E-state index in [0.29, 0.717) is 11.4 Å². The molecule has 1 heterocycles. The Bertz CT molecular complexity index is 674. The molecule has 0 aliphatic carbocycles. The fraction of sp³-hybridized carbons (Fsp3) is 0.412. The maximum absolute atomic E-state index is 12.6. The normalized spacial score (nSPS) is 10.9. The Hall–Kier alpha value is -1.61. The Morgan fingerprint density at radius 3 is 2.62 bits per heavy atom. The number of carbonyl (C=O) groups is 1. The van der Waals surface area contributed by atoms with E-state index in [1.807, 2.05) is 50.6 Å². The average molecular weight is 305 g/mol. The van der Waals surface area contributed by atoms with E-state index in [-0.39, 0.29) is 5.78 Å². The first-order chi connectivity index (χ1) is 9.97. The lowest BCUT2D eigenvalue weighted by Gasteiger charge is -2.08. The molecule has 0 saturated heterocycles. The summed E-state index contributed by atoms with van der Waals surface area (Å²) in [6, 6.07) is 5.95. The summed E-state index contributed by atoms with van der Waals surface area (Å²) in [6.07, 6.45) is 1.07. The molecular formula is C17H21ClN2O. The second-order valence-corrected chi connectivity index (χ2v) is 5.67. The van der Waals surface area contributed by atoms with Crippen molar-refractivity contribution in [2.75, 3.05) is 0 Å². The van der Waals surface area contributed by atoms with Crippen molar-refractivity contribution < 1.29 is 4.79 Å². The van der Waals surface area contributed by atoms with E-state index in [1.54, 1.807) is 0 Å². The topological polar surface area (TPSA) is 34.9 Å². The van der Waals surface area contributed by atoms with Crippen LogP contribution >= 0.6 is 11.6 Å². The molecule has 0 radical (unpaired) electrons. The van der Waals surface area contributed by atoms with E-state index in [2.05, 4.69) is 5.10 Å². The van der Waals surface area contributed by atoms with Gasteiger partial charge in [0.15, 0.2) is 5.78 Å². The van der Waals surface area contributed by atoms with Crippen LogP contribution in [0.15, 0.2) is 18.2 Å². The van der Waals surface area contributed by atoms with Gasteiger partial charge in [0.05, 0.1) is 22.8 Å². The minimum atomic E-state index is 0.0929. The standard InChI is InChI=1S/C17H21ClN2O/c1-5-14-17(18)15(20(6-2)19-14)10-16(21)13-9-11(3)7-8-12(13)4/h7-9H,5-6,10H2,1-4H3. The Morgan fingerprint density at radius 2 is 2.00 bits per heavy atom. The van der Waals surface area contributed by atoms with Gasteiger partial charge in [-0.1, -0.05) is 36.2 Å². The zero-order chi connectivity index (χ0) is 15.6. The summed E-state index contributed by atoms with van der Waals surface area (Å²) in [5.74, 6) is 0.0929. The molecule has 0 aliphatic rings. The number of aryl methyl sites for hydroxylation is 4. The highest BCUT2D eigenvalue weighted by Crippen LogP contribution is 2.24. The fourth-order valence-electron chi connectivity index (χ4n) is 2.47. The number of ketones is 1. The molecular weight excluding hydrogens is 284 g/mol. The summed E-state index contributed by atoms with van der Waals surface area (Å²) in [6.45, 7) is 8.70. The number of Topliss-reactive ketones (excluding diaryl/α,β-unsaturated/α-hetero) is 1. The number of halogens is 1. The van der Waals surface area contributed by atoms with Crippen molar-refractivity contribution >= 4 is 17.4 Å². The molecule has 2 aromatic rings. The molecule has 0 unspecified atom stereocenters. The van der Waals surface area contributed by atoms with Gasteiger partial charge in [0.2, 0.25) is 0 Å². The van der Waals surface area contributed by atoms with Crippen LogP contribution in [0.2, 0.25) is 5.02 Å². The number of nitrogens with zero attached hydrogens (tertiary/aromatic N) is 2. The maximum atomic E-state index is 12.6. The van der Waals surface area contributed by atoms with Crippen molar-refractivity contribution in [1.82, 2.24) is 9.78 Å². The molecule has 0 N–H and O–H groups in total. The molecule has 0 amide bonds. The minimum absolute atomic E-state index is 0.0929. The quantitative estimate of drug-likeness (QED) is 0.777. The second kappa shape index (κ2) is 6.44. The fourth-order valence-corrected chi connectivity index (χ4v) is 2.81. The van der Waals surface area contributed by atoms with Crippen LogP contribution in [0.4, 0.5) is 0 Å². The molecule has 1 aromatic carbocycles. The number of carbonyl (C=O) groups excluding carboxylic acids is 1. The third-order valence-electron chi connectivity index (χ3n) is 3.72. The van der Waals surface area contributed by atoms with Crippen LogP contribution in [-0.2, 0) is 19.4 Å². The van der Waals surface area contributed by atoms with E-state index in [1.165, 1.54) is 0 Å². The molecule has 0 aliphatic heterocycles. The molecule has 21 heavy (non-hydrogen) atoms. The van der Waals surface area contributed by atoms with E-state index in [9.17, 15) is 4.79 Å². The van der Waals surface area contributed by atoms with Crippen LogP contribution in [0, 0.1) is 13.8 Å². The Kier molecular flexibility index (Phi) is 4.84. The number of hydrogen-bond donors (Lipinski definition) is 0. The van der Waals surface area contributed by atoms with E-state index >= 15 is 0 Å². The average Bonchev–Trinajstić information content (AvgIpc) is 2.77. The largest absolute Gasteiger partial charge is 0.294 e. The number of rotatable bonds is 5. The molecule has 1 aromatic heterocycles. The van der Waals surface area contributed by atoms with E-state index in [4.69, 9.17) is 11.6 Å². The van der Waals surface area contributed by atoms with Gasteiger partial charge in [-0.25, -0.2) is 0 Å². The van der Waals surface area contributed by atoms with Crippen molar-refractivity contribution in [3.05, 3.63) is 51.3 Å². The SMILES string of the molecule is CCc1nn(CC)c(CC(=O)c2cc(C)ccc2C)c1Cl. The van der Waals surface area contributed by atoms with Gasteiger partial charge in [0, 0.05) is 12.1 Å². The zero-order valence-corrected chi connectivity index (χ0v) is 13.8. The monoisotopic (exact) mass is 304 g/mol. The molecule has 0 fully saturated rings. The van der Waals surface area contributed by atoms with Crippen molar-refractivity contribution in [2.24, 2.45) is 0 Å². The molecule has 0 spiro atoms. The van der Waals surface area contributed by atoms with E-state index < -0.39 is 0 Å². The van der Waals surface area contributed by atoms with Gasteiger partial charge >= 0.3 is 0 Å². The summed E-state index contributed by atoms with van der Waals surface area (Å²) in [4.78, 5) is 12.6. The lowest BCUT2D eigenvalue weighted by atomic mass is 9.99. The predicted molar refractivity (Wildman–Crippen MR) is 86.2 cm³/mol. The van der Waals surface area contributed by atoms with Gasteiger partial charge in [-0.3, -0.25) is 9.48 Å². The zero-order valence-electron chi connectivity index (χ0n) is 13.0. The summed E-state index contributed by atoms with van der Waals surface area (Å²) in [7, 11) is 0. The first-order valence-electron chi connectivity index (χ1n) is 7.32. The molecule has 0 atom stereocenters. The summed E-state index contributed by atoms with van der Waals surface area (Å²) in [5.41, 5.74) is 4.55. The van der Waals surface area contributed by atoms with Gasteiger partial charge in [0.25, 0.3) is 0 Å². The van der Waals surface area contributed by atoms with Crippen LogP contribution in [0.1, 0.15) is 46.7 Å². The summed E-state index contributed by atoms with van der Waals surface area (Å²) >= 11 is 6.38. The predicted octanol–water partition coefficient (Wildman–Crippen LogP) is 4.16. The third kappa shape index (κ3) is 3.18. The van der Waals surface area contributed by atoms with E-state index in [0.717, 1.165) is 41.0 Å². The highest BCUT2D eigenvalue weighted by molar-refractivity contribution is 6.32. The van der Waals surface area contributed by atoms with Crippen molar-refractivity contribution in [3.63, 3.8) is 0 Å². The number of hydrogen-bond acceptors (Lipinski definition) is 2. The van der Waals surface area contributed by atoms with Crippen LogP contribution in [0.5, 0.6) is 0 Å². The van der Waals surface area contributed by atoms with Crippen LogP contribution in [0.25, 0.3) is 0 Å². The maximum Gasteiger partial charge on any atom is 0.169 e. The van der Waals surface area contributed by atoms with Crippen molar-refractivity contribution in [1.29, 1.82) is 0 Å². The van der Waals surface area contributed by atoms with Gasteiger partial charge < -0.3 is 0 Å². The first-order valence-corrected chi connectivity index (χ1v) is 7.70. The third-order valence-corrected chi connectivity index (χ3v) is 4.15. The Morgan fingerprint density at radius 1 is 1.29 bits per heavy atom. The number of aromatic nitrogens is 2. The summed E-state index contributed by atoms with van der Waals surface area (Å²) < 4.78 is 1.84. The summed E-state index contributed by atoms with van der Waals surface area (Å²) in [5, 5.41) is 5.10. The molecule has 0 saturated carbocycles. The molecule has 0 bridgehead atoms. The van der Waals surface area contributed by atoms with Gasteiger partial charge in [-0.05, 0) is 38.8 Å². The van der Waals surface area contributed by atoms with Gasteiger partial charge in [0.1, 0.15) is 0 Å². The number of benzene rings is 1. The smallest absolute Gasteiger partial charge is 0.169 e. The first kappa shape index (κ1) is 15.8. The van der Waals surface area contributed by atoms with Crippen LogP contribution in [0.3, 0.4) is 0 Å². The molecule has 3 nitrogen and oxygen atoms in total. The molecule has 112 valence electrons. The lowest BCUT2D eigenvalue weighted by Crippen LogP contribution is -2.11. The lowest BCUT2D eigenvalue weighted by molar-refractivity contribution is 0.0990. The van der Waals surface area contributed by atoms with Gasteiger partial charge in [-0.2, -0.15) is 5.10 Å². The van der Waals surface area contributed by atoms with Crippen LogP contribution in [-0.4, -0.2) is 15.6 Å².